The molecule has 134 valence electrons. The molecule has 2 aromatic carbocycles. The number of rotatable bonds is 5. The molecule has 3 aromatic rings. The van der Waals surface area contributed by atoms with Crippen LogP contribution in [-0.2, 0) is 12.3 Å². The first kappa shape index (κ1) is 19.9. The molecule has 0 aliphatic carbocycles. The highest BCUT2D eigenvalue weighted by molar-refractivity contribution is 9.11. The van der Waals surface area contributed by atoms with Gasteiger partial charge in [-0.25, -0.2) is 0 Å². The standard InChI is InChI=1S/C19H15Br3N2OS/c1-12-17(22)18(25)23-19(26-11-14-5-3-7-16(21)9-14)24(12)10-13-4-2-6-15(20)8-13/h2-9H,10-11H2,1H3. The van der Waals surface area contributed by atoms with Gasteiger partial charge in [0.25, 0.3) is 5.56 Å². The number of thioether (sulfide) groups is 1. The van der Waals surface area contributed by atoms with Crippen LogP contribution in [0, 0.1) is 6.92 Å². The Labute approximate surface area is 181 Å². The van der Waals surface area contributed by atoms with Crippen LogP contribution in [0.4, 0.5) is 0 Å². The molecule has 0 bridgehead atoms. The van der Waals surface area contributed by atoms with Crippen LogP contribution in [0.5, 0.6) is 0 Å². The van der Waals surface area contributed by atoms with Crippen molar-refractivity contribution in [1.29, 1.82) is 0 Å². The van der Waals surface area contributed by atoms with Crippen molar-refractivity contribution < 1.29 is 0 Å². The molecule has 0 radical (unpaired) electrons. The third-order valence-corrected chi connectivity index (χ3v) is 6.77. The van der Waals surface area contributed by atoms with E-state index in [1.807, 2.05) is 31.2 Å². The van der Waals surface area contributed by atoms with Gasteiger partial charge in [-0.3, -0.25) is 4.79 Å². The van der Waals surface area contributed by atoms with Gasteiger partial charge in [0.2, 0.25) is 0 Å². The van der Waals surface area contributed by atoms with Crippen molar-refractivity contribution in [3.05, 3.63) is 89.1 Å². The van der Waals surface area contributed by atoms with Crippen LogP contribution in [0.3, 0.4) is 0 Å². The average Bonchev–Trinajstić information content (AvgIpc) is 2.61. The van der Waals surface area contributed by atoms with Crippen LogP contribution >= 0.6 is 59.6 Å². The summed E-state index contributed by atoms with van der Waals surface area (Å²) in [4.78, 5) is 16.5. The number of hydrogen-bond acceptors (Lipinski definition) is 3. The Kier molecular flexibility index (Phi) is 6.77. The zero-order chi connectivity index (χ0) is 18.7. The second kappa shape index (κ2) is 8.87. The number of halogens is 3. The number of hydrogen-bond donors (Lipinski definition) is 0. The largest absolute Gasteiger partial charge is 0.319 e. The zero-order valence-corrected chi connectivity index (χ0v) is 19.5. The Bertz CT molecular complexity index is 1000. The van der Waals surface area contributed by atoms with Gasteiger partial charge < -0.3 is 4.57 Å². The van der Waals surface area contributed by atoms with E-state index in [0.29, 0.717) is 11.0 Å². The Morgan fingerprint density at radius 3 is 2.27 bits per heavy atom. The first-order chi connectivity index (χ1) is 12.4. The van der Waals surface area contributed by atoms with Crippen molar-refractivity contribution in [2.45, 2.75) is 24.4 Å². The fourth-order valence-electron chi connectivity index (χ4n) is 2.50. The minimum Gasteiger partial charge on any atom is -0.319 e. The maximum absolute atomic E-state index is 12.2. The van der Waals surface area contributed by atoms with Crippen LogP contribution in [0.1, 0.15) is 16.8 Å². The predicted octanol–water partition coefficient (Wildman–Crippen LogP) is 6.18. The molecule has 0 N–H and O–H groups in total. The normalized spacial score (nSPS) is 10.9. The molecular formula is C19H15Br3N2OS. The fraction of sp³-hybridized carbons (Fsp3) is 0.158. The number of aromatic nitrogens is 2. The van der Waals surface area contributed by atoms with E-state index >= 15 is 0 Å². The van der Waals surface area contributed by atoms with Gasteiger partial charge in [0.15, 0.2) is 5.16 Å². The number of nitrogens with zero attached hydrogens (tertiary/aromatic N) is 2. The summed E-state index contributed by atoms with van der Waals surface area (Å²) in [5, 5.41) is 0.718. The minimum absolute atomic E-state index is 0.232. The maximum atomic E-state index is 12.2. The van der Waals surface area contributed by atoms with Crippen molar-refractivity contribution in [2.24, 2.45) is 0 Å². The summed E-state index contributed by atoms with van der Waals surface area (Å²) in [5.74, 6) is 0.742. The van der Waals surface area contributed by atoms with Crippen molar-refractivity contribution in [2.75, 3.05) is 0 Å². The lowest BCUT2D eigenvalue weighted by atomic mass is 10.2. The third kappa shape index (κ3) is 4.88. The van der Waals surface area contributed by atoms with E-state index in [9.17, 15) is 4.79 Å². The van der Waals surface area contributed by atoms with E-state index in [0.717, 1.165) is 31.1 Å². The summed E-state index contributed by atoms with van der Waals surface area (Å²) >= 11 is 12.0. The maximum Gasteiger partial charge on any atom is 0.288 e. The molecule has 1 heterocycles. The second-order valence-corrected chi connectivity index (χ2v) is 9.30. The average molecular weight is 559 g/mol. The van der Waals surface area contributed by atoms with E-state index in [1.165, 1.54) is 5.56 Å². The molecule has 3 rings (SSSR count). The number of benzene rings is 2. The van der Waals surface area contributed by atoms with Gasteiger partial charge in [-0.1, -0.05) is 67.9 Å². The molecule has 26 heavy (non-hydrogen) atoms. The quantitative estimate of drug-likeness (QED) is 0.277. The zero-order valence-electron chi connectivity index (χ0n) is 13.9. The van der Waals surface area contributed by atoms with E-state index < -0.39 is 0 Å². The highest BCUT2D eigenvalue weighted by atomic mass is 79.9. The lowest BCUT2D eigenvalue weighted by Crippen LogP contribution is -2.19. The van der Waals surface area contributed by atoms with Gasteiger partial charge in [-0.2, -0.15) is 4.98 Å². The molecule has 7 heteroatoms. The van der Waals surface area contributed by atoms with Crippen LogP contribution < -0.4 is 5.56 Å². The van der Waals surface area contributed by atoms with Crippen molar-refractivity contribution in [3.8, 4) is 0 Å². The summed E-state index contributed by atoms with van der Waals surface area (Å²) in [6.07, 6.45) is 0. The molecular weight excluding hydrogens is 544 g/mol. The van der Waals surface area contributed by atoms with Crippen molar-refractivity contribution >= 4 is 59.6 Å². The van der Waals surface area contributed by atoms with Crippen LogP contribution in [0.25, 0.3) is 0 Å². The van der Waals surface area contributed by atoms with Gasteiger partial charge in [-0.05, 0) is 58.2 Å². The topological polar surface area (TPSA) is 34.9 Å². The molecule has 3 nitrogen and oxygen atoms in total. The first-order valence-corrected chi connectivity index (χ1v) is 11.2. The lowest BCUT2D eigenvalue weighted by Gasteiger charge is -2.17. The summed E-state index contributed by atoms with van der Waals surface area (Å²) in [5.41, 5.74) is 2.96. The lowest BCUT2D eigenvalue weighted by molar-refractivity contribution is 0.634. The van der Waals surface area contributed by atoms with Crippen LogP contribution in [0.15, 0.2) is 71.9 Å². The van der Waals surface area contributed by atoms with Gasteiger partial charge in [0, 0.05) is 26.9 Å². The summed E-state index contributed by atoms with van der Waals surface area (Å²) in [6, 6.07) is 16.3. The van der Waals surface area contributed by atoms with Crippen molar-refractivity contribution in [3.63, 3.8) is 0 Å². The molecule has 0 aliphatic rings. The van der Waals surface area contributed by atoms with Gasteiger partial charge in [0.05, 0.1) is 0 Å². The fourth-order valence-corrected chi connectivity index (χ4v) is 4.68. The van der Waals surface area contributed by atoms with Crippen molar-refractivity contribution in [1.82, 2.24) is 9.55 Å². The molecule has 0 amide bonds. The van der Waals surface area contributed by atoms with E-state index in [-0.39, 0.29) is 5.56 Å². The Balaban J connectivity index is 1.94. The second-order valence-electron chi connectivity index (χ2n) is 5.73. The summed E-state index contributed by atoms with van der Waals surface area (Å²) in [6.45, 7) is 2.59. The van der Waals surface area contributed by atoms with E-state index in [2.05, 4.69) is 81.6 Å². The Morgan fingerprint density at radius 1 is 1.00 bits per heavy atom. The summed E-state index contributed by atoms with van der Waals surface area (Å²) < 4.78 is 4.67. The highest BCUT2D eigenvalue weighted by Crippen LogP contribution is 2.26. The molecule has 0 saturated heterocycles. The van der Waals surface area contributed by atoms with Gasteiger partial charge >= 0.3 is 0 Å². The molecule has 0 saturated carbocycles. The Hall–Kier alpha value is -0.890. The molecule has 1 aromatic heterocycles. The van der Waals surface area contributed by atoms with Crippen LogP contribution in [-0.4, -0.2) is 9.55 Å². The minimum atomic E-state index is -0.232. The van der Waals surface area contributed by atoms with Crippen LogP contribution in [0.2, 0.25) is 0 Å². The summed E-state index contributed by atoms with van der Waals surface area (Å²) in [7, 11) is 0. The molecule has 0 unspecified atom stereocenters. The van der Waals surface area contributed by atoms with Gasteiger partial charge in [-0.15, -0.1) is 0 Å². The smallest absolute Gasteiger partial charge is 0.288 e. The first-order valence-electron chi connectivity index (χ1n) is 7.82. The highest BCUT2D eigenvalue weighted by Gasteiger charge is 2.13. The molecule has 0 aliphatic heterocycles. The molecule has 0 spiro atoms. The van der Waals surface area contributed by atoms with Gasteiger partial charge in [0.1, 0.15) is 4.47 Å². The monoisotopic (exact) mass is 556 g/mol. The van der Waals surface area contributed by atoms with E-state index in [1.54, 1.807) is 11.8 Å². The SMILES string of the molecule is Cc1c(Br)c(=O)nc(SCc2cccc(Br)c2)n1Cc1cccc(Br)c1. The molecule has 0 atom stereocenters. The predicted molar refractivity (Wildman–Crippen MR) is 118 cm³/mol. The Morgan fingerprint density at radius 2 is 1.62 bits per heavy atom. The van der Waals surface area contributed by atoms with E-state index in [4.69, 9.17) is 0 Å². The third-order valence-electron chi connectivity index (χ3n) is 3.83. The molecule has 0 fully saturated rings.